The van der Waals surface area contributed by atoms with Crippen molar-refractivity contribution in [3.8, 4) is 0 Å². The van der Waals surface area contributed by atoms with Crippen molar-refractivity contribution < 1.29 is 0 Å². The van der Waals surface area contributed by atoms with E-state index in [2.05, 4.69) is 9.97 Å². The standard InChI is InChI=1S/C8H7ClN2/c1-5-2-6-7(9)3-10-4-8(6)11-5/h2-4,11H,1H3. The van der Waals surface area contributed by atoms with Gasteiger partial charge in [0.15, 0.2) is 0 Å². The zero-order chi connectivity index (χ0) is 7.84. The molecule has 3 heteroatoms. The van der Waals surface area contributed by atoms with E-state index in [0.717, 1.165) is 16.6 Å². The fraction of sp³-hybridized carbons (Fsp3) is 0.125. The SMILES string of the molecule is Cc1cc2c(Cl)cncc2[nH]1. The molecule has 2 nitrogen and oxygen atoms in total. The molecule has 0 aliphatic heterocycles. The number of hydrogen-bond donors (Lipinski definition) is 1. The molecule has 0 saturated heterocycles. The number of halogens is 1. The third-order valence-electron chi connectivity index (χ3n) is 1.63. The van der Waals surface area contributed by atoms with Crippen LogP contribution < -0.4 is 0 Å². The highest BCUT2D eigenvalue weighted by Crippen LogP contribution is 2.21. The highest BCUT2D eigenvalue weighted by Gasteiger charge is 2.00. The number of nitrogens with zero attached hydrogens (tertiary/aromatic N) is 1. The summed E-state index contributed by atoms with van der Waals surface area (Å²) in [6, 6.07) is 2.01. The third-order valence-corrected chi connectivity index (χ3v) is 1.93. The first kappa shape index (κ1) is 6.68. The Morgan fingerprint density at radius 2 is 2.27 bits per heavy atom. The maximum atomic E-state index is 5.89. The third kappa shape index (κ3) is 0.994. The topological polar surface area (TPSA) is 28.7 Å². The van der Waals surface area contributed by atoms with E-state index in [0.29, 0.717) is 5.02 Å². The first-order valence-corrected chi connectivity index (χ1v) is 3.74. The van der Waals surface area contributed by atoms with E-state index < -0.39 is 0 Å². The maximum Gasteiger partial charge on any atom is 0.0683 e. The van der Waals surface area contributed by atoms with Crippen LogP contribution in [0, 0.1) is 6.92 Å². The van der Waals surface area contributed by atoms with Gasteiger partial charge in [-0.25, -0.2) is 0 Å². The Morgan fingerprint density at radius 3 is 3.00 bits per heavy atom. The van der Waals surface area contributed by atoms with Gasteiger partial charge in [0.2, 0.25) is 0 Å². The summed E-state index contributed by atoms with van der Waals surface area (Å²) in [4.78, 5) is 7.11. The molecule has 1 N–H and O–H groups in total. The molecule has 0 saturated carbocycles. The number of nitrogens with one attached hydrogen (secondary N) is 1. The molecule has 0 unspecified atom stereocenters. The number of aryl methyl sites for hydroxylation is 1. The Balaban J connectivity index is 2.90. The molecule has 0 aliphatic rings. The number of aromatic amines is 1. The van der Waals surface area contributed by atoms with E-state index in [9.17, 15) is 0 Å². The summed E-state index contributed by atoms with van der Waals surface area (Å²) >= 11 is 5.89. The van der Waals surface area contributed by atoms with Crippen molar-refractivity contribution in [2.45, 2.75) is 6.92 Å². The lowest BCUT2D eigenvalue weighted by Crippen LogP contribution is -1.72. The van der Waals surface area contributed by atoms with Crippen molar-refractivity contribution in [1.29, 1.82) is 0 Å². The molecular weight excluding hydrogens is 160 g/mol. The van der Waals surface area contributed by atoms with Crippen molar-refractivity contribution >= 4 is 22.5 Å². The van der Waals surface area contributed by atoms with E-state index in [1.807, 2.05) is 13.0 Å². The quantitative estimate of drug-likeness (QED) is 0.640. The first-order chi connectivity index (χ1) is 5.27. The molecule has 0 fully saturated rings. The van der Waals surface area contributed by atoms with Crippen LogP contribution in [0.2, 0.25) is 5.02 Å². The van der Waals surface area contributed by atoms with Crippen LogP contribution in [0.5, 0.6) is 0 Å². The maximum absolute atomic E-state index is 5.89. The molecule has 2 heterocycles. The molecule has 2 rings (SSSR count). The van der Waals surface area contributed by atoms with Gasteiger partial charge in [0.1, 0.15) is 0 Å². The van der Waals surface area contributed by atoms with Crippen LogP contribution in [0.25, 0.3) is 10.9 Å². The van der Waals surface area contributed by atoms with Gasteiger partial charge in [-0.2, -0.15) is 0 Å². The average molecular weight is 167 g/mol. The highest BCUT2D eigenvalue weighted by atomic mass is 35.5. The summed E-state index contributed by atoms with van der Waals surface area (Å²) in [6.07, 6.45) is 3.42. The van der Waals surface area contributed by atoms with Crippen molar-refractivity contribution in [1.82, 2.24) is 9.97 Å². The van der Waals surface area contributed by atoms with Crippen LogP contribution in [0.4, 0.5) is 0 Å². The van der Waals surface area contributed by atoms with Crippen molar-refractivity contribution in [3.05, 3.63) is 29.2 Å². The van der Waals surface area contributed by atoms with Gasteiger partial charge >= 0.3 is 0 Å². The highest BCUT2D eigenvalue weighted by molar-refractivity contribution is 6.35. The fourth-order valence-corrected chi connectivity index (χ4v) is 1.37. The molecule has 11 heavy (non-hydrogen) atoms. The normalized spacial score (nSPS) is 10.7. The van der Waals surface area contributed by atoms with E-state index in [4.69, 9.17) is 11.6 Å². The lowest BCUT2D eigenvalue weighted by molar-refractivity contribution is 1.28. The molecule has 0 amide bonds. The molecule has 0 spiro atoms. The number of aromatic nitrogens is 2. The Labute approximate surface area is 69.2 Å². The van der Waals surface area contributed by atoms with Gasteiger partial charge in [0.25, 0.3) is 0 Å². The Hall–Kier alpha value is -1.02. The van der Waals surface area contributed by atoms with Crippen molar-refractivity contribution in [2.24, 2.45) is 0 Å². The number of fused-ring (bicyclic) bond motifs is 1. The average Bonchev–Trinajstić information content (AvgIpc) is 2.31. The molecule has 0 aromatic carbocycles. The first-order valence-electron chi connectivity index (χ1n) is 3.36. The van der Waals surface area contributed by atoms with Gasteiger partial charge in [-0.05, 0) is 13.0 Å². The molecule has 56 valence electrons. The van der Waals surface area contributed by atoms with Gasteiger partial charge < -0.3 is 4.98 Å². The monoisotopic (exact) mass is 166 g/mol. The van der Waals surface area contributed by atoms with Crippen LogP contribution in [-0.4, -0.2) is 9.97 Å². The number of H-pyrrole nitrogens is 1. The molecular formula is C8H7ClN2. The van der Waals surface area contributed by atoms with Gasteiger partial charge in [-0.15, -0.1) is 0 Å². The zero-order valence-electron chi connectivity index (χ0n) is 6.06. The second-order valence-corrected chi connectivity index (χ2v) is 2.94. The second-order valence-electron chi connectivity index (χ2n) is 2.53. The summed E-state index contributed by atoms with van der Waals surface area (Å²) in [5.41, 5.74) is 2.10. The second kappa shape index (κ2) is 2.24. The van der Waals surface area contributed by atoms with Gasteiger partial charge in [-0.3, -0.25) is 4.98 Å². The summed E-state index contributed by atoms with van der Waals surface area (Å²) in [6.45, 7) is 2.00. The summed E-state index contributed by atoms with van der Waals surface area (Å²) in [5.74, 6) is 0. The number of hydrogen-bond acceptors (Lipinski definition) is 1. The Kier molecular flexibility index (Phi) is 1.36. The van der Waals surface area contributed by atoms with E-state index in [1.165, 1.54) is 0 Å². The predicted octanol–water partition coefficient (Wildman–Crippen LogP) is 2.52. The summed E-state index contributed by atoms with van der Waals surface area (Å²) in [7, 11) is 0. The minimum absolute atomic E-state index is 0.701. The smallest absolute Gasteiger partial charge is 0.0683 e. The molecule has 0 radical (unpaired) electrons. The molecule has 2 aromatic rings. The Morgan fingerprint density at radius 1 is 1.45 bits per heavy atom. The number of pyridine rings is 1. The molecule has 2 aromatic heterocycles. The molecule has 0 bridgehead atoms. The van der Waals surface area contributed by atoms with Crippen molar-refractivity contribution in [2.75, 3.05) is 0 Å². The van der Waals surface area contributed by atoms with Gasteiger partial charge in [0.05, 0.1) is 16.7 Å². The van der Waals surface area contributed by atoms with Crippen molar-refractivity contribution in [3.63, 3.8) is 0 Å². The molecule has 0 aliphatic carbocycles. The Bertz CT molecular complexity index is 392. The minimum Gasteiger partial charge on any atom is -0.357 e. The summed E-state index contributed by atoms with van der Waals surface area (Å²) in [5, 5.41) is 1.74. The van der Waals surface area contributed by atoms with E-state index in [1.54, 1.807) is 12.4 Å². The van der Waals surface area contributed by atoms with Crippen LogP contribution in [0.15, 0.2) is 18.5 Å². The lowest BCUT2D eigenvalue weighted by Gasteiger charge is -1.89. The lowest BCUT2D eigenvalue weighted by atomic mass is 10.3. The largest absolute Gasteiger partial charge is 0.357 e. The van der Waals surface area contributed by atoms with Crippen LogP contribution in [0.3, 0.4) is 0 Å². The van der Waals surface area contributed by atoms with E-state index >= 15 is 0 Å². The molecule has 0 atom stereocenters. The van der Waals surface area contributed by atoms with Crippen LogP contribution in [-0.2, 0) is 0 Å². The van der Waals surface area contributed by atoms with Gasteiger partial charge in [0, 0.05) is 17.3 Å². The predicted molar refractivity (Wildman–Crippen MR) is 45.8 cm³/mol. The minimum atomic E-state index is 0.701. The van der Waals surface area contributed by atoms with E-state index in [-0.39, 0.29) is 0 Å². The van der Waals surface area contributed by atoms with Gasteiger partial charge in [-0.1, -0.05) is 11.6 Å². The fourth-order valence-electron chi connectivity index (χ4n) is 1.16. The number of rotatable bonds is 0. The summed E-state index contributed by atoms with van der Waals surface area (Å²) < 4.78 is 0. The van der Waals surface area contributed by atoms with Crippen LogP contribution >= 0.6 is 11.6 Å². The zero-order valence-corrected chi connectivity index (χ0v) is 6.81. The van der Waals surface area contributed by atoms with Crippen LogP contribution in [0.1, 0.15) is 5.69 Å².